The van der Waals surface area contributed by atoms with Crippen LogP contribution in [0.5, 0.6) is 0 Å². The maximum absolute atomic E-state index is 11.4. The summed E-state index contributed by atoms with van der Waals surface area (Å²) in [6.07, 6.45) is 3.80. The lowest BCUT2D eigenvalue weighted by atomic mass is 9.68. The minimum atomic E-state index is -0.851. The van der Waals surface area contributed by atoms with Gasteiger partial charge in [0.1, 0.15) is 0 Å². The molecule has 2 aliphatic carbocycles. The zero-order valence-electron chi connectivity index (χ0n) is 13.8. The minimum absolute atomic E-state index is 0.206. The maximum atomic E-state index is 11.4. The maximum Gasteiger partial charge on any atom is 0.335 e. The number of nitrogens with one attached hydrogen (secondary N) is 1. The predicted octanol–water partition coefficient (Wildman–Crippen LogP) is 5.33. The van der Waals surface area contributed by atoms with Gasteiger partial charge in [-0.15, -0.1) is 0 Å². The van der Waals surface area contributed by atoms with Crippen molar-refractivity contribution < 1.29 is 9.90 Å². The second-order valence-corrected chi connectivity index (χ2v) is 8.09. The van der Waals surface area contributed by atoms with E-state index in [1.807, 2.05) is 30.3 Å². The molecule has 0 aromatic heterocycles. The second kappa shape index (κ2) is 5.50. The average molecular weight is 354 g/mol. The largest absolute Gasteiger partial charge is 0.478 e. The molecule has 25 heavy (non-hydrogen) atoms. The van der Waals surface area contributed by atoms with Gasteiger partial charge in [-0.25, -0.2) is 4.79 Å². The van der Waals surface area contributed by atoms with Crippen LogP contribution in [0.15, 0.2) is 42.5 Å². The molecule has 0 unspecified atom stereocenters. The Hall–Kier alpha value is -2.00. The number of carbonyl (C=O) groups is 1. The zero-order chi connectivity index (χ0) is 17.1. The number of halogens is 1. The van der Waals surface area contributed by atoms with Gasteiger partial charge in [-0.2, -0.15) is 0 Å². The van der Waals surface area contributed by atoms with E-state index in [1.54, 1.807) is 6.07 Å². The smallest absolute Gasteiger partial charge is 0.335 e. The summed E-state index contributed by atoms with van der Waals surface area (Å²) < 4.78 is 0. The zero-order valence-corrected chi connectivity index (χ0v) is 14.5. The van der Waals surface area contributed by atoms with Gasteiger partial charge in [0.15, 0.2) is 0 Å². The number of carboxylic acids is 1. The van der Waals surface area contributed by atoms with E-state index in [9.17, 15) is 9.90 Å². The van der Waals surface area contributed by atoms with E-state index in [-0.39, 0.29) is 6.04 Å². The van der Waals surface area contributed by atoms with Crippen LogP contribution < -0.4 is 5.32 Å². The highest BCUT2D eigenvalue weighted by Gasteiger charge is 2.54. The van der Waals surface area contributed by atoms with Gasteiger partial charge >= 0.3 is 5.97 Å². The molecular formula is C21H20ClNO2. The summed E-state index contributed by atoms with van der Waals surface area (Å²) in [5.74, 6) is 1.46. The molecule has 1 aliphatic heterocycles. The highest BCUT2D eigenvalue weighted by molar-refractivity contribution is 6.31. The van der Waals surface area contributed by atoms with E-state index in [1.165, 1.54) is 30.4 Å². The number of aromatic carboxylic acids is 1. The lowest BCUT2D eigenvalue weighted by molar-refractivity contribution is 0.0696. The van der Waals surface area contributed by atoms with E-state index < -0.39 is 5.97 Å². The van der Waals surface area contributed by atoms with Gasteiger partial charge in [0.25, 0.3) is 0 Å². The Bertz CT molecular complexity index is 865. The van der Waals surface area contributed by atoms with E-state index in [4.69, 9.17) is 11.6 Å². The first-order valence-electron chi connectivity index (χ1n) is 9.01. The van der Waals surface area contributed by atoms with E-state index in [0.717, 1.165) is 10.7 Å². The molecule has 0 spiro atoms. The van der Waals surface area contributed by atoms with Crippen molar-refractivity contribution in [3.05, 3.63) is 64.2 Å². The number of fused-ring (bicyclic) bond motifs is 7. The summed E-state index contributed by atoms with van der Waals surface area (Å²) in [6, 6.07) is 13.8. The average Bonchev–Trinajstić information content (AvgIpc) is 3.23. The Labute approximate surface area is 152 Å². The molecular weight excluding hydrogens is 334 g/mol. The molecule has 5 atom stereocenters. The van der Waals surface area contributed by atoms with Gasteiger partial charge in [-0.1, -0.05) is 29.8 Å². The molecule has 128 valence electrons. The van der Waals surface area contributed by atoms with Crippen LogP contribution in [0.4, 0.5) is 5.69 Å². The van der Waals surface area contributed by atoms with Crippen molar-refractivity contribution in [3.8, 4) is 0 Å². The molecule has 0 radical (unpaired) electrons. The van der Waals surface area contributed by atoms with Crippen molar-refractivity contribution in [1.29, 1.82) is 0 Å². The monoisotopic (exact) mass is 353 g/mol. The number of carboxylic acid groups (broad SMARTS) is 1. The van der Waals surface area contributed by atoms with Gasteiger partial charge in [0.2, 0.25) is 0 Å². The van der Waals surface area contributed by atoms with Crippen molar-refractivity contribution in [2.24, 2.45) is 17.8 Å². The van der Waals surface area contributed by atoms with Crippen molar-refractivity contribution in [2.75, 3.05) is 5.32 Å². The van der Waals surface area contributed by atoms with Crippen LogP contribution in [0.2, 0.25) is 5.02 Å². The number of rotatable bonds is 2. The lowest BCUT2D eigenvalue weighted by Gasteiger charge is -2.43. The van der Waals surface area contributed by atoms with Gasteiger partial charge in [-0.05, 0) is 78.3 Å². The summed E-state index contributed by atoms with van der Waals surface area (Å²) in [7, 11) is 0. The van der Waals surface area contributed by atoms with Crippen molar-refractivity contribution in [3.63, 3.8) is 0 Å². The molecule has 2 aromatic rings. The minimum Gasteiger partial charge on any atom is -0.478 e. The van der Waals surface area contributed by atoms with Crippen LogP contribution in [0, 0.1) is 17.8 Å². The van der Waals surface area contributed by atoms with Gasteiger partial charge in [-0.3, -0.25) is 0 Å². The third-order valence-electron chi connectivity index (χ3n) is 6.57. The fraction of sp³-hybridized carbons (Fsp3) is 0.381. The first-order valence-corrected chi connectivity index (χ1v) is 9.39. The molecule has 3 nitrogen and oxygen atoms in total. The molecule has 0 amide bonds. The molecule has 2 aromatic carbocycles. The SMILES string of the molecule is O=C(O)c1ccc2c(c1)[C@H]1[C@H]3CC[C@H](C3)[C@H]1[C@@H](c1ccccc1Cl)N2. The molecule has 5 rings (SSSR count). The quantitative estimate of drug-likeness (QED) is 0.766. The Morgan fingerprint density at radius 3 is 2.68 bits per heavy atom. The third kappa shape index (κ3) is 2.22. The topological polar surface area (TPSA) is 49.3 Å². The van der Waals surface area contributed by atoms with Crippen LogP contribution in [-0.4, -0.2) is 11.1 Å². The molecule has 2 bridgehead atoms. The highest BCUT2D eigenvalue weighted by atomic mass is 35.5. The Morgan fingerprint density at radius 1 is 1.08 bits per heavy atom. The Kier molecular flexibility index (Phi) is 3.36. The summed E-state index contributed by atoms with van der Waals surface area (Å²) >= 11 is 6.53. The Morgan fingerprint density at radius 2 is 1.88 bits per heavy atom. The Balaban J connectivity index is 1.65. The third-order valence-corrected chi connectivity index (χ3v) is 6.92. The van der Waals surface area contributed by atoms with E-state index in [2.05, 4.69) is 11.4 Å². The predicted molar refractivity (Wildman–Crippen MR) is 98.3 cm³/mol. The van der Waals surface area contributed by atoms with Crippen LogP contribution >= 0.6 is 11.6 Å². The standard InChI is InChI=1S/C21H20ClNO2/c22-16-4-2-1-3-14(16)20-19-12-6-5-11(9-12)18(19)15-10-13(21(24)25)7-8-17(15)23-20/h1-4,7-8,10-12,18-20,23H,5-6,9H2,(H,24,25)/t11-,12+,18+,19+,20+/m0/s1. The summed E-state index contributed by atoms with van der Waals surface area (Å²) in [4.78, 5) is 11.4. The first-order chi connectivity index (χ1) is 12.1. The van der Waals surface area contributed by atoms with E-state index >= 15 is 0 Å². The fourth-order valence-corrected chi connectivity index (χ4v) is 5.91. The molecule has 2 saturated carbocycles. The number of hydrogen-bond acceptors (Lipinski definition) is 2. The first kappa shape index (κ1) is 15.3. The molecule has 3 aliphatic rings. The molecule has 0 saturated heterocycles. The van der Waals surface area contributed by atoms with Gasteiger partial charge in [0, 0.05) is 10.7 Å². The number of hydrogen-bond donors (Lipinski definition) is 2. The van der Waals surface area contributed by atoms with Crippen molar-refractivity contribution in [1.82, 2.24) is 0 Å². The number of anilines is 1. The molecule has 2 fully saturated rings. The van der Waals surface area contributed by atoms with E-state index in [0.29, 0.717) is 29.2 Å². The molecule has 4 heteroatoms. The second-order valence-electron chi connectivity index (χ2n) is 7.69. The van der Waals surface area contributed by atoms with Crippen LogP contribution in [0.1, 0.15) is 52.7 Å². The van der Waals surface area contributed by atoms with Gasteiger partial charge in [0.05, 0.1) is 11.6 Å². The van der Waals surface area contributed by atoms with Crippen LogP contribution in [0.25, 0.3) is 0 Å². The number of benzene rings is 2. The van der Waals surface area contributed by atoms with Crippen LogP contribution in [0.3, 0.4) is 0 Å². The van der Waals surface area contributed by atoms with Gasteiger partial charge < -0.3 is 10.4 Å². The molecule has 2 N–H and O–H groups in total. The van der Waals surface area contributed by atoms with Crippen LogP contribution in [-0.2, 0) is 0 Å². The van der Waals surface area contributed by atoms with Crippen molar-refractivity contribution >= 4 is 23.3 Å². The summed E-state index contributed by atoms with van der Waals surface area (Å²) in [5.41, 5.74) is 3.82. The lowest BCUT2D eigenvalue weighted by Crippen LogP contribution is -2.35. The summed E-state index contributed by atoms with van der Waals surface area (Å²) in [6.45, 7) is 0. The normalized spacial score (nSPS) is 32.0. The molecule has 1 heterocycles. The highest BCUT2D eigenvalue weighted by Crippen LogP contribution is 2.64. The fourth-order valence-electron chi connectivity index (χ4n) is 5.66. The van der Waals surface area contributed by atoms with Crippen molar-refractivity contribution in [2.45, 2.75) is 31.2 Å². The summed E-state index contributed by atoms with van der Waals surface area (Å²) in [5, 5.41) is 13.9.